The van der Waals surface area contributed by atoms with E-state index in [1.165, 1.54) is 36.9 Å². The highest BCUT2D eigenvalue weighted by Crippen LogP contribution is 2.30. The second-order valence-corrected chi connectivity index (χ2v) is 9.90. The number of hydrogen-bond acceptors (Lipinski definition) is 3. The first-order valence-electron chi connectivity index (χ1n) is 11.6. The molecule has 5 heteroatoms. The predicted octanol–water partition coefficient (Wildman–Crippen LogP) is 4.12. The predicted molar refractivity (Wildman–Crippen MR) is 120 cm³/mol. The highest BCUT2D eigenvalue weighted by atomic mass is 35.5. The molecule has 1 aliphatic carbocycles. The van der Waals surface area contributed by atoms with Gasteiger partial charge in [-0.2, -0.15) is 0 Å². The van der Waals surface area contributed by atoms with Crippen molar-refractivity contribution in [2.75, 3.05) is 26.2 Å². The maximum atomic E-state index is 12.3. The molecule has 0 spiro atoms. The van der Waals surface area contributed by atoms with Gasteiger partial charge in [0.25, 0.3) is 0 Å². The van der Waals surface area contributed by atoms with E-state index in [0.717, 1.165) is 62.7 Å². The fourth-order valence-corrected chi connectivity index (χ4v) is 5.66. The number of carbonyl (C=O) groups is 1. The summed E-state index contributed by atoms with van der Waals surface area (Å²) >= 11 is 6.23. The van der Waals surface area contributed by atoms with Crippen molar-refractivity contribution in [1.29, 1.82) is 0 Å². The second-order valence-electron chi connectivity index (χ2n) is 9.46. The summed E-state index contributed by atoms with van der Waals surface area (Å²) in [6, 6.07) is 6.86. The van der Waals surface area contributed by atoms with E-state index in [2.05, 4.69) is 34.6 Å². The number of amides is 1. The Balaban J connectivity index is 1.19. The molecular weight excluding hydrogens is 382 g/mol. The molecule has 0 radical (unpaired) electrons. The fraction of sp³-hybridized carbons (Fsp3) is 0.708. The third-order valence-electron chi connectivity index (χ3n) is 7.29. The molecule has 1 saturated carbocycles. The summed E-state index contributed by atoms with van der Waals surface area (Å²) in [5.41, 5.74) is 2.91. The van der Waals surface area contributed by atoms with Crippen LogP contribution < -0.4 is 10.6 Å². The smallest absolute Gasteiger partial charge is 0.237 e. The minimum atomic E-state index is 0.0525. The Bertz CT molecular complexity index is 695. The van der Waals surface area contributed by atoms with Gasteiger partial charge in [-0.1, -0.05) is 24.6 Å². The van der Waals surface area contributed by atoms with Gasteiger partial charge >= 0.3 is 0 Å². The minimum Gasteiger partial charge on any atom is -0.352 e. The number of fused-ring (bicyclic) bond motifs is 1. The Morgan fingerprint density at radius 3 is 2.83 bits per heavy atom. The van der Waals surface area contributed by atoms with Crippen LogP contribution in [0.2, 0.25) is 5.02 Å². The maximum Gasteiger partial charge on any atom is 0.237 e. The lowest BCUT2D eigenvalue weighted by Crippen LogP contribution is -2.46. The number of carbonyl (C=O) groups excluding carboxylic acids is 1. The summed E-state index contributed by atoms with van der Waals surface area (Å²) < 4.78 is 0. The van der Waals surface area contributed by atoms with Crippen LogP contribution in [0.3, 0.4) is 0 Å². The zero-order valence-corrected chi connectivity index (χ0v) is 18.5. The number of benzene rings is 1. The Kier molecular flexibility index (Phi) is 7.15. The van der Waals surface area contributed by atoms with Crippen molar-refractivity contribution in [1.82, 2.24) is 15.5 Å². The van der Waals surface area contributed by atoms with Crippen molar-refractivity contribution in [2.45, 2.75) is 76.3 Å². The van der Waals surface area contributed by atoms with Gasteiger partial charge in [-0.05, 0) is 99.6 Å². The van der Waals surface area contributed by atoms with Crippen LogP contribution in [0.5, 0.6) is 0 Å². The van der Waals surface area contributed by atoms with Gasteiger partial charge in [0.15, 0.2) is 0 Å². The highest BCUT2D eigenvalue weighted by Gasteiger charge is 2.27. The van der Waals surface area contributed by atoms with Crippen LogP contribution in [0.1, 0.15) is 68.9 Å². The largest absolute Gasteiger partial charge is 0.352 e. The topological polar surface area (TPSA) is 44.4 Å². The number of nitrogens with one attached hydrogen (secondary N) is 2. The number of hydrogen-bond donors (Lipinski definition) is 2. The number of rotatable bonds is 5. The van der Waals surface area contributed by atoms with Gasteiger partial charge in [0.2, 0.25) is 5.91 Å². The molecular formula is C24H36ClN3O. The van der Waals surface area contributed by atoms with Gasteiger partial charge in [0, 0.05) is 24.2 Å². The third kappa shape index (κ3) is 5.53. The summed E-state index contributed by atoms with van der Waals surface area (Å²) in [6.45, 7) is 6.80. The van der Waals surface area contributed by atoms with Gasteiger partial charge < -0.3 is 15.5 Å². The van der Waals surface area contributed by atoms with E-state index in [4.69, 9.17) is 11.6 Å². The molecule has 4 nitrogen and oxygen atoms in total. The molecule has 1 saturated heterocycles. The van der Waals surface area contributed by atoms with Crippen molar-refractivity contribution in [2.24, 2.45) is 5.92 Å². The molecule has 4 rings (SSSR count). The van der Waals surface area contributed by atoms with Crippen molar-refractivity contribution in [3.8, 4) is 0 Å². The molecule has 1 amide bonds. The Morgan fingerprint density at radius 2 is 2.07 bits per heavy atom. The SMILES string of the molecule is C[C@H]1CN(CCC2CCC(NC(=O)[C@@H]3CCCN3)CC2)CCc2ccc(Cl)cc21. The van der Waals surface area contributed by atoms with Crippen LogP contribution in [0.25, 0.3) is 0 Å². The summed E-state index contributed by atoms with van der Waals surface area (Å²) in [7, 11) is 0. The molecule has 0 unspecified atom stereocenters. The average Bonchev–Trinajstić information content (AvgIpc) is 3.21. The van der Waals surface area contributed by atoms with Crippen LogP contribution in [0.15, 0.2) is 18.2 Å². The second kappa shape index (κ2) is 9.80. The van der Waals surface area contributed by atoms with E-state index < -0.39 is 0 Å². The van der Waals surface area contributed by atoms with E-state index in [-0.39, 0.29) is 11.9 Å². The first-order valence-corrected chi connectivity index (χ1v) is 12.0. The molecule has 3 aliphatic rings. The molecule has 160 valence electrons. The fourth-order valence-electron chi connectivity index (χ4n) is 5.48. The lowest BCUT2D eigenvalue weighted by Gasteiger charge is -2.31. The zero-order chi connectivity index (χ0) is 20.2. The Hall–Kier alpha value is -1.10. The van der Waals surface area contributed by atoms with Gasteiger partial charge in [0.05, 0.1) is 6.04 Å². The summed E-state index contributed by atoms with van der Waals surface area (Å²) in [6.07, 6.45) is 9.32. The molecule has 2 aliphatic heterocycles. The Morgan fingerprint density at radius 1 is 1.24 bits per heavy atom. The minimum absolute atomic E-state index is 0.0525. The molecule has 1 aromatic carbocycles. The summed E-state index contributed by atoms with van der Waals surface area (Å²) in [4.78, 5) is 15.0. The first kappa shape index (κ1) is 21.1. The van der Waals surface area contributed by atoms with Crippen LogP contribution in [-0.2, 0) is 11.2 Å². The van der Waals surface area contributed by atoms with Crippen LogP contribution in [-0.4, -0.2) is 49.1 Å². The van der Waals surface area contributed by atoms with Crippen molar-refractivity contribution in [3.05, 3.63) is 34.3 Å². The number of halogens is 1. The third-order valence-corrected chi connectivity index (χ3v) is 7.53. The van der Waals surface area contributed by atoms with Gasteiger partial charge in [-0.25, -0.2) is 0 Å². The lowest BCUT2D eigenvalue weighted by molar-refractivity contribution is -0.123. The molecule has 2 atom stereocenters. The Labute approximate surface area is 180 Å². The zero-order valence-electron chi connectivity index (χ0n) is 17.8. The van der Waals surface area contributed by atoms with Gasteiger partial charge in [-0.15, -0.1) is 0 Å². The quantitative estimate of drug-likeness (QED) is 0.757. The average molecular weight is 418 g/mol. The van der Waals surface area contributed by atoms with E-state index in [1.807, 2.05) is 6.07 Å². The summed E-state index contributed by atoms with van der Waals surface area (Å²) in [5, 5.41) is 7.46. The monoisotopic (exact) mass is 417 g/mol. The molecule has 1 aromatic rings. The van der Waals surface area contributed by atoms with Crippen LogP contribution >= 0.6 is 11.6 Å². The van der Waals surface area contributed by atoms with E-state index in [9.17, 15) is 4.79 Å². The molecule has 29 heavy (non-hydrogen) atoms. The molecule has 2 N–H and O–H groups in total. The lowest BCUT2D eigenvalue weighted by atomic mass is 9.84. The molecule has 0 aromatic heterocycles. The maximum absolute atomic E-state index is 12.3. The highest BCUT2D eigenvalue weighted by molar-refractivity contribution is 6.30. The van der Waals surface area contributed by atoms with Gasteiger partial charge in [0.1, 0.15) is 0 Å². The number of nitrogens with zero attached hydrogens (tertiary/aromatic N) is 1. The van der Waals surface area contributed by atoms with Crippen LogP contribution in [0, 0.1) is 5.92 Å². The first-order chi connectivity index (χ1) is 14.1. The molecule has 2 heterocycles. The summed E-state index contributed by atoms with van der Waals surface area (Å²) in [5.74, 6) is 1.58. The van der Waals surface area contributed by atoms with Gasteiger partial charge in [-0.3, -0.25) is 4.79 Å². The normalized spacial score (nSPS) is 30.6. The van der Waals surface area contributed by atoms with E-state index >= 15 is 0 Å². The van der Waals surface area contributed by atoms with Crippen LogP contribution in [0.4, 0.5) is 0 Å². The van der Waals surface area contributed by atoms with E-state index in [1.54, 1.807) is 0 Å². The van der Waals surface area contributed by atoms with Crippen molar-refractivity contribution in [3.63, 3.8) is 0 Å². The molecule has 0 bridgehead atoms. The van der Waals surface area contributed by atoms with Crippen molar-refractivity contribution >= 4 is 17.5 Å². The van der Waals surface area contributed by atoms with E-state index in [0.29, 0.717) is 12.0 Å². The molecule has 2 fully saturated rings. The van der Waals surface area contributed by atoms with Crippen molar-refractivity contribution < 1.29 is 4.79 Å². The standard InChI is InChI=1S/C24H36ClN3O/c1-17-16-28(14-11-19-6-7-20(25)15-22(17)19)13-10-18-4-8-21(9-5-18)27-24(29)23-3-2-12-26-23/h6-7,15,17-18,21,23,26H,2-5,8-14,16H2,1H3,(H,27,29)/t17-,18?,21?,23-/m0/s1.